The highest BCUT2D eigenvalue weighted by Gasteiger charge is 2.08. The number of aryl methyl sites for hydroxylation is 3. The highest BCUT2D eigenvalue weighted by atomic mass is 32.1. The second kappa shape index (κ2) is 7.26. The molecule has 2 rings (SSSR count). The van der Waals surface area contributed by atoms with Crippen LogP contribution in [0.4, 0.5) is 4.79 Å². The van der Waals surface area contributed by atoms with Gasteiger partial charge in [0.1, 0.15) is 0 Å². The van der Waals surface area contributed by atoms with Gasteiger partial charge in [0.2, 0.25) is 0 Å². The number of urea groups is 1. The average Bonchev–Trinajstić information content (AvgIpc) is 3.03. The van der Waals surface area contributed by atoms with Crippen LogP contribution in [0.2, 0.25) is 0 Å². The molecule has 0 saturated heterocycles. The molecule has 2 heterocycles. The summed E-state index contributed by atoms with van der Waals surface area (Å²) >= 11 is 1.60. The predicted octanol–water partition coefficient (Wildman–Crippen LogP) is 2.61. The summed E-state index contributed by atoms with van der Waals surface area (Å²) in [6.07, 6.45) is 5.72. The molecule has 2 N–H and O–H groups in total. The Balaban J connectivity index is 1.68. The molecule has 2 amide bonds. The third-order valence-corrected chi connectivity index (χ3v) is 4.27. The fourth-order valence-corrected chi connectivity index (χ4v) is 2.86. The quantitative estimate of drug-likeness (QED) is 0.862. The number of hydrogen-bond donors (Lipinski definition) is 2. The molecule has 114 valence electrons. The largest absolute Gasteiger partial charge is 0.354 e. The molecule has 0 aliphatic heterocycles. The SMILES string of the molecule is Cc1ncc(CNC(=O)NC(C)CCc2cccn2C)s1. The normalized spacial score (nSPS) is 12.1. The second-order valence-electron chi connectivity index (χ2n) is 5.22. The summed E-state index contributed by atoms with van der Waals surface area (Å²) in [5.74, 6) is 0. The van der Waals surface area contributed by atoms with E-state index < -0.39 is 0 Å². The maximum Gasteiger partial charge on any atom is 0.315 e. The number of hydrogen-bond acceptors (Lipinski definition) is 3. The number of nitrogens with zero attached hydrogens (tertiary/aromatic N) is 2. The van der Waals surface area contributed by atoms with Crippen LogP contribution in [0.1, 0.15) is 28.9 Å². The van der Waals surface area contributed by atoms with Crippen molar-refractivity contribution in [1.29, 1.82) is 0 Å². The molecule has 1 unspecified atom stereocenters. The Morgan fingerprint density at radius 3 is 2.95 bits per heavy atom. The van der Waals surface area contributed by atoms with Gasteiger partial charge >= 0.3 is 6.03 Å². The van der Waals surface area contributed by atoms with E-state index in [0.717, 1.165) is 22.7 Å². The van der Waals surface area contributed by atoms with E-state index >= 15 is 0 Å². The Hall–Kier alpha value is -1.82. The molecule has 0 aromatic carbocycles. The molecule has 0 aliphatic carbocycles. The van der Waals surface area contributed by atoms with Crippen LogP contribution in [0.25, 0.3) is 0 Å². The molecule has 1 atom stereocenters. The van der Waals surface area contributed by atoms with Crippen molar-refractivity contribution in [2.75, 3.05) is 0 Å². The van der Waals surface area contributed by atoms with Gasteiger partial charge in [-0.05, 0) is 38.8 Å². The van der Waals surface area contributed by atoms with E-state index in [1.54, 1.807) is 17.5 Å². The predicted molar refractivity (Wildman–Crippen MR) is 85.4 cm³/mol. The first kappa shape index (κ1) is 15.6. The van der Waals surface area contributed by atoms with Crippen LogP contribution in [0.15, 0.2) is 24.5 Å². The van der Waals surface area contributed by atoms with Gasteiger partial charge in [0.15, 0.2) is 0 Å². The zero-order chi connectivity index (χ0) is 15.2. The Kier molecular flexibility index (Phi) is 5.38. The van der Waals surface area contributed by atoms with Crippen molar-refractivity contribution < 1.29 is 4.79 Å². The number of rotatable bonds is 6. The lowest BCUT2D eigenvalue weighted by Gasteiger charge is -2.14. The van der Waals surface area contributed by atoms with Crippen molar-refractivity contribution in [2.45, 2.75) is 39.3 Å². The van der Waals surface area contributed by atoms with Crippen LogP contribution < -0.4 is 10.6 Å². The molecule has 6 heteroatoms. The molecule has 0 fully saturated rings. The minimum Gasteiger partial charge on any atom is -0.354 e. The monoisotopic (exact) mass is 306 g/mol. The Morgan fingerprint density at radius 1 is 1.52 bits per heavy atom. The second-order valence-corrected chi connectivity index (χ2v) is 6.54. The van der Waals surface area contributed by atoms with Gasteiger partial charge in [0, 0.05) is 36.1 Å². The molecule has 5 nitrogen and oxygen atoms in total. The van der Waals surface area contributed by atoms with Gasteiger partial charge in [0.25, 0.3) is 0 Å². The first-order valence-electron chi connectivity index (χ1n) is 7.10. The number of carbonyl (C=O) groups is 1. The highest BCUT2D eigenvalue weighted by Crippen LogP contribution is 2.10. The molecule has 21 heavy (non-hydrogen) atoms. The van der Waals surface area contributed by atoms with Gasteiger partial charge < -0.3 is 15.2 Å². The first-order chi connectivity index (χ1) is 10.0. The third-order valence-electron chi connectivity index (χ3n) is 3.35. The number of thiazole rings is 1. The summed E-state index contributed by atoms with van der Waals surface area (Å²) in [7, 11) is 2.04. The summed E-state index contributed by atoms with van der Waals surface area (Å²) in [4.78, 5) is 17.1. The van der Waals surface area contributed by atoms with Crippen LogP contribution in [-0.4, -0.2) is 21.6 Å². The van der Waals surface area contributed by atoms with E-state index in [9.17, 15) is 4.79 Å². The minimum absolute atomic E-state index is 0.125. The van der Waals surface area contributed by atoms with Crippen LogP contribution in [-0.2, 0) is 20.0 Å². The standard InChI is InChI=1S/C15H22N4OS/c1-11(6-7-13-5-4-8-19(13)3)18-15(20)17-10-14-9-16-12(2)21-14/h4-5,8-9,11H,6-7,10H2,1-3H3,(H2,17,18,20). The molecule has 2 aromatic heterocycles. The van der Waals surface area contributed by atoms with E-state index in [-0.39, 0.29) is 12.1 Å². The lowest BCUT2D eigenvalue weighted by atomic mass is 10.1. The molecule has 2 aromatic rings. The number of amides is 2. The maximum absolute atomic E-state index is 11.8. The van der Waals surface area contributed by atoms with Gasteiger partial charge in [-0.1, -0.05) is 0 Å². The van der Waals surface area contributed by atoms with Gasteiger partial charge in [0.05, 0.1) is 11.6 Å². The zero-order valence-corrected chi connectivity index (χ0v) is 13.5. The number of nitrogens with one attached hydrogen (secondary N) is 2. The van der Waals surface area contributed by atoms with Crippen molar-refractivity contribution in [1.82, 2.24) is 20.2 Å². The van der Waals surface area contributed by atoms with E-state index in [4.69, 9.17) is 0 Å². The number of carbonyl (C=O) groups excluding carboxylic acids is 1. The van der Waals surface area contributed by atoms with Crippen molar-refractivity contribution in [3.8, 4) is 0 Å². The third kappa shape index (κ3) is 4.90. The van der Waals surface area contributed by atoms with E-state index in [2.05, 4.69) is 26.3 Å². The molecular weight excluding hydrogens is 284 g/mol. The van der Waals surface area contributed by atoms with E-state index in [0.29, 0.717) is 6.54 Å². The Labute approximate surface area is 129 Å². The van der Waals surface area contributed by atoms with Crippen LogP contribution >= 0.6 is 11.3 Å². The van der Waals surface area contributed by atoms with Crippen molar-refractivity contribution in [3.63, 3.8) is 0 Å². The van der Waals surface area contributed by atoms with Crippen molar-refractivity contribution in [3.05, 3.63) is 40.1 Å². The lowest BCUT2D eigenvalue weighted by Crippen LogP contribution is -2.40. The summed E-state index contributed by atoms with van der Waals surface area (Å²) in [6, 6.07) is 4.17. The van der Waals surface area contributed by atoms with Crippen molar-refractivity contribution in [2.24, 2.45) is 7.05 Å². The molecule has 0 aliphatic rings. The molecule has 0 bridgehead atoms. The summed E-state index contributed by atoms with van der Waals surface area (Å²) in [5.41, 5.74) is 1.28. The lowest BCUT2D eigenvalue weighted by molar-refractivity contribution is 0.237. The highest BCUT2D eigenvalue weighted by molar-refractivity contribution is 7.11. The van der Waals surface area contributed by atoms with Gasteiger partial charge in [-0.3, -0.25) is 0 Å². The van der Waals surface area contributed by atoms with Crippen molar-refractivity contribution >= 4 is 17.4 Å². The molecule has 0 spiro atoms. The van der Waals surface area contributed by atoms with Crippen LogP contribution in [0.3, 0.4) is 0 Å². The van der Waals surface area contributed by atoms with E-state index in [1.807, 2.05) is 33.2 Å². The zero-order valence-electron chi connectivity index (χ0n) is 12.7. The first-order valence-corrected chi connectivity index (χ1v) is 7.92. The summed E-state index contributed by atoms with van der Waals surface area (Å²) in [6.45, 7) is 4.52. The molecule has 0 saturated carbocycles. The average molecular weight is 306 g/mol. The van der Waals surface area contributed by atoms with Gasteiger partial charge in [-0.2, -0.15) is 0 Å². The molecular formula is C15H22N4OS. The smallest absolute Gasteiger partial charge is 0.315 e. The topological polar surface area (TPSA) is 59.0 Å². The van der Waals surface area contributed by atoms with Gasteiger partial charge in [-0.25, -0.2) is 9.78 Å². The Morgan fingerprint density at radius 2 is 2.33 bits per heavy atom. The Bertz CT molecular complexity index is 590. The summed E-state index contributed by atoms with van der Waals surface area (Å²) in [5, 5.41) is 6.84. The van der Waals surface area contributed by atoms with Crippen LogP contribution in [0.5, 0.6) is 0 Å². The fourth-order valence-electron chi connectivity index (χ4n) is 2.12. The van der Waals surface area contributed by atoms with E-state index in [1.165, 1.54) is 5.69 Å². The van der Waals surface area contributed by atoms with Gasteiger partial charge in [-0.15, -0.1) is 11.3 Å². The fraction of sp³-hybridized carbons (Fsp3) is 0.467. The molecule has 0 radical (unpaired) electrons. The number of aromatic nitrogens is 2. The maximum atomic E-state index is 11.8. The van der Waals surface area contributed by atoms with Crippen LogP contribution in [0, 0.1) is 6.92 Å². The summed E-state index contributed by atoms with van der Waals surface area (Å²) < 4.78 is 2.11. The minimum atomic E-state index is -0.125.